The molecule has 2 aromatic rings. The van der Waals surface area contributed by atoms with Crippen molar-refractivity contribution in [2.24, 2.45) is 0 Å². The number of rotatable bonds is 8. The molecule has 0 bridgehead atoms. The number of benzene rings is 2. The Morgan fingerprint density at radius 3 is 2.61 bits per heavy atom. The van der Waals surface area contributed by atoms with E-state index < -0.39 is 11.6 Å². The first-order valence-electron chi connectivity index (χ1n) is 7.19. The molecule has 0 saturated carbocycles. The minimum Gasteiger partial charge on any atom is -0.493 e. The largest absolute Gasteiger partial charge is 0.493 e. The van der Waals surface area contributed by atoms with Gasteiger partial charge >= 0.3 is 0 Å². The van der Waals surface area contributed by atoms with E-state index in [0.29, 0.717) is 18.0 Å². The van der Waals surface area contributed by atoms with Crippen LogP contribution in [0.5, 0.6) is 11.5 Å². The third-order valence-electron chi connectivity index (χ3n) is 3.23. The molecule has 0 atom stereocenters. The van der Waals surface area contributed by atoms with E-state index in [9.17, 15) is 8.78 Å². The lowest BCUT2D eigenvalue weighted by molar-refractivity contribution is 0.196. The maximum absolute atomic E-state index is 13.5. The highest BCUT2D eigenvalue weighted by molar-refractivity contribution is 5.43. The monoisotopic (exact) mass is 323 g/mol. The first-order chi connectivity index (χ1) is 11.1. The number of hydrogen-bond acceptors (Lipinski definition) is 4. The fourth-order valence-electron chi connectivity index (χ4n) is 2.12. The zero-order chi connectivity index (χ0) is 16.7. The quantitative estimate of drug-likeness (QED) is 0.784. The summed E-state index contributed by atoms with van der Waals surface area (Å²) in [6.07, 6.45) is 0. The smallest absolute Gasteiger partial charge is 0.161 e. The summed E-state index contributed by atoms with van der Waals surface area (Å²) in [6, 6.07) is 8.76. The molecule has 124 valence electrons. The fraction of sp³-hybridized carbons (Fsp3) is 0.294. The molecule has 0 spiro atoms. The average molecular weight is 323 g/mol. The van der Waals surface area contributed by atoms with Gasteiger partial charge in [-0.25, -0.2) is 8.78 Å². The molecule has 6 heteroatoms. The van der Waals surface area contributed by atoms with Crippen molar-refractivity contribution in [1.29, 1.82) is 0 Å². The fourth-order valence-corrected chi connectivity index (χ4v) is 2.12. The Bertz CT molecular complexity index is 650. The van der Waals surface area contributed by atoms with Crippen LogP contribution in [0.15, 0.2) is 36.4 Å². The van der Waals surface area contributed by atoms with Crippen LogP contribution in [0, 0.1) is 11.6 Å². The molecule has 2 aromatic carbocycles. The van der Waals surface area contributed by atoms with Crippen LogP contribution in [0.2, 0.25) is 0 Å². The molecule has 0 aliphatic rings. The standard InChI is InChI=1S/C17H19F2NO3/c1-22-17-8-12(2-5-16(17)23-7-6-21)10-20-11-13-9-14(18)3-4-15(13)19/h2-5,8-9,20-21H,6-7,10-11H2,1H3. The number of methoxy groups -OCH3 is 1. The van der Waals surface area contributed by atoms with Crippen molar-refractivity contribution in [2.45, 2.75) is 13.1 Å². The van der Waals surface area contributed by atoms with E-state index in [0.717, 1.165) is 17.7 Å². The maximum Gasteiger partial charge on any atom is 0.161 e. The van der Waals surface area contributed by atoms with Crippen LogP contribution in [0.3, 0.4) is 0 Å². The lowest BCUT2D eigenvalue weighted by Gasteiger charge is -2.12. The van der Waals surface area contributed by atoms with Gasteiger partial charge in [-0.05, 0) is 35.9 Å². The summed E-state index contributed by atoms with van der Waals surface area (Å²) in [6.45, 7) is 0.791. The second-order valence-corrected chi connectivity index (χ2v) is 4.90. The summed E-state index contributed by atoms with van der Waals surface area (Å²) in [5.41, 5.74) is 1.19. The van der Waals surface area contributed by atoms with Crippen molar-refractivity contribution in [3.63, 3.8) is 0 Å². The average Bonchev–Trinajstić information content (AvgIpc) is 2.56. The Balaban J connectivity index is 1.96. The summed E-state index contributed by atoms with van der Waals surface area (Å²) in [7, 11) is 1.53. The summed E-state index contributed by atoms with van der Waals surface area (Å²) in [4.78, 5) is 0. The second-order valence-electron chi connectivity index (χ2n) is 4.90. The maximum atomic E-state index is 13.5. The van der Waals surface area contributed by atoms with Gasteiger partial charge in [0.05, 0.1) is 13.7 Å². The molecule has 0 amide bonds. The SMILES string of the molecule is COc1cc(CNCc2cc(F)ccc2F)ccc1OCCO. The van der Waals surface area contributed by atoms with Gasteiger partial charge < -0.3 is 19.9 Å². The highest BCUT2D eigenvalue weighted by Gasteiger charge is 2.07. The Morgan fingerprint density at radius 2 is 1.87 bits per heavy atom. The second kappa shape index (κ2) is 8.45. The molecule has 0 heterocycles. The van der Waals surface area contributed by atoms with Crippen molar-refractivity contribution in [1.82, 2.24) is 5.32 Å². The number of aliphatic hydroxyl groups excluding tert-OH is 1. The molecular weight excluding hydrogens is 304 g/mol. The highest BCUT2D eigenvalue weighted by Crippen LogP contribution is 2.28. The molecule has 0 fully saturated rings. The number of ether oxygens (including phenoxy) is 2. The van der Waals surface area contributed by atoms with E-state index in [1.807, 2.05) is 6.07 Å². The number of halogens is 2. The van der Waals surface area contributed by atoms with E-state index in [1.165, 1.54) is 13.2 Å². The van der Waals surface area contributed by atoms with E-state index in [4.69, 9.17) is 14.6 Å². The minimum atomic E-state index is -0.463. The minimum absolute atomic E-state index is 0.0777. The van der Waals surface area contributed by atoms with Crippen molar-refractivity contribution in [3.8, 4) is 11.5 Å². The lowest BCUT2D eigenvalue weighted by atomic mass is 10.1. The Morgan fingerprint density at radius 1 is 1.04 bits per heavy atom. The lowest BCUT2D eigenvalue weighted by Crippen LogP contribution is -2.14. The molecule has 23 heavy (non-hydrogen) atoms. The zero-order valence-electron chi connectivity index (χ0n) is 12.8. The first-order valence-corrected chi connectivity index (χ1v) is 7.19. The summed E-state index contributed by atoms with van der Waals surface area (Å²) in [5.74, 6) is 0.190. The van der Waals surface area contributed by atoms with Crippen LogP contribution in [0.4, 0.5) is 8.78 Å². The molecule has 2 rings (SSSR count). The van der Waals surface area contributed by atoms with Crippen molar-refractivity contribution in [3.05, 3.63) is 59.2 Å². The Kier molecular flexibility index (Phi) is 6.31. The number of hydrogen-bond donors (Lipinski definition) is 2. The van der Waals surface area contributed by atoms with E-state index >= 15 is 0 Å². The van der Waals surface area contributed by atoms with Gasteiger partial charge in [-0.15, -0.1) is 0 Å². The molecule has 0 aromatic heterocycles. The van der Waals surface area contributed by atoms with Crippen LogP contribution >= 0.6 is 0 Å². The molecule has 0 aliphatic carbocycles. The van der Waals surface area contributed by atoms with Gasteiger partial charge in [0.15, 0.2) is 11.5 Å². The summed E-state index contributed by atoms with van der Waals surface area (Å²) < 4.78 is 37.2. The molecule has 2 N–H and O–H groups in total. The van der Waals surface area contributed by atoms with Crippen molar-refractivity contribution >= 4 is 0 Å². The van der Waals surface area contributed by atoms with Crippen LogP contribution < -0.4 is 14.8 Å². The van der Waals surface area contributed by atoms with Crippen LogP contribution in [0.1, 0.15) is 11.1 Å². The van der Waals surface area contributed by atoms with Gasteiger partial charge in [-0.1, -0.05) is 6.07 Å². The van der Waals surface area contributed by atoms with Crippen LogP contribution in [0.25, 0.3) is 0 Å². The molecule has 0 saturated heterocycles. The molecule has 0 unspecified atom stereocenters. The van der Waals surface area contributed by atoms with E-state index in [-0.39, 0.29) is 25.3 Å². The molecular formula is C17H19F2NO3. The molecule has 0 radical (unpaired) electrons. The van der Waals surface area contributed by atoms with Gasteiger partial charge in [0.25, 0.3) is 0 Å². The first kappa shape index (κ1) is 17.2. The number of nitrogens with one attached hydrogen (secondary N) is 1. The third kappa shape index (κ3) is 4.91. The Hall–Kier alpha value is -2.18. The summed E-state index contributed by atoms with van der Waals surface area (Å²) >= 11 is 0. The Labute approximate surface area is 133 Å². The number of aliphatic hydroxyl groups is 1. The van der Waals surface area contributed by atoms with Crippen molar-refractivity contribution in [2.75, 3.05) is 20.3 Å². The van der Waals surface area contributed by atoms with Gasteiger partial charge in [0, 0.05) is 18.7 Å². The van der Waals surface area contributed by atoms with Crippen LogP contribution in [-0.4, -0.2) is 25.4 Å². The highest BCUT2D eigenvalue weighted by atomic mass is 19.1. The zero-order valence-corrected chi connectivity index (χ0v) is 12.8. The van der Waals surface area contributed by atoms with E-state index in [2.05, 4.69) is 5.32 Å². The van der Waals surface area contributed by atoms with E-state index in [1.54, 1.807) is 12.1 Å². The predicted octanol–water partition coefficient (Wildman–Crippen LogP) is 2.63. The van der Waals surface area contributed by atoms with Gasteiger partial charge in [0.1, 0.15) is 18.2 Å². The normalized spacial score (nSPS) is 10.6. The van der Waals surface area contributed by atoms with Gasteiger partial charge in [-0.2, -0.15) is 0 Å². The van der Waals surface area contributed by atoms with Gasteiger partial charge in [0.2, 0.25) is 0 Å². The predicted molar refractivity (Wildman–Crippen MR) is 82.5 cm³/mol. The molecule has 0 aliphatic heterocycles. The topological polar surface area (TPSA) is 50.7 Å². The van der Waals surface area contributed by atoms with Crippen molar-refractivity contribution < 1.29 is 23.4 Å². The summed E-state index contributed by atoms with van der Waals surface area (Å²) in [5, 5.41) is 11.8. The van der Waals surface area contributed by atoms with Crippen LogP contribution in [-0.2, 0) is 13.1 Å². The third-order valence-corrected chi connectivity index (χ3v) is 3.23. The van der Waals surface area contributed by atoms with Gasteiger partial charge in [-0.3, -0.25) is 0 Å². The molecule has 4 nitrogen and oxygen atoms in total.